The Kier molecular flexibility index (Phi) is 7.05. The van der Waals surface area contributed by atoms with Gasteiger partial charge >= 0.3 is 5.97 Å². The van der Waals surface area contributed by atoms with Crippen molar-refractivity contribution < 1.29 is 22.7 Å². The minimum Gasteiger partial charge on any atom is -0.455 e. The Bertz CT molecular complexity index is 965. The molecule has 2 heterocycles. The minimum atomic E-state index is -3.59. The summed E-state index contributed by atoms with van der Waals surface area (Å²) in [6.07, 6.45) is 2.86. The monoisotopic (exact) mass is 436 g/mol. The van der Waals surface area contributed by atoms with Gasteiger partial charge in [0.25, 0.3) is 5.91 Å². The van der Waals surface area contributed by atoms with Crippen molar-refractivity contribution in [3.63, 3.8) is 0 Å². The zero-order valence-electron chi connectivity index (χ0n) is 16.2. The van der Waals surface area contributed by atoms with E-state index in [2.05, 4.69) is 5.32 Å². The second-order valence-electron chi connectivity index (χ2n) is 6.91. The molecule has 1 saturated heterocycles. The van der Waals surface area contributed by atoms with Gasteiger partial charge in [-0.05, 0) is 48.9 Å². The Labute approximate surface area is 174 Å². The zero-order chi connectivity index (χ0) is 20.9. The Balaban J connectivity index is 1.62. The number of carbonyl (C=O) groups is 2. The molecule has 0 bridgehead atoms. The molecule has 0 unspecified atom stereocenters. The van der Waals surface area contributed by atoms with E-state index < -0.39 is 28.5 Å². The number of hydrogen-bond donors (Lipinski definition) is 1. The fourth-order valence-electron chi connectivity index (χ4n) is 3.09. The Hall–Kier alpha value is -2.23. The highest BCUT2D eigenvalue weighted by molar-refractivity contribution is 7.89. The topological polar surface area (TPSA) is 92.8 Å². The lowest BCUT2D eigenvalue weighted by Gasteiger charge is -2.26. The second kappa shape index (κ2) is 9.51. The molecule has 1 aliphatic rings. The van der Waals surface area contributed by atoms with Crippen LogP contribution < -0.4 is 5.32 Å². The number of rotatable bonds is 7. The first kappa shape index (κ1) is 21.5. The molecule has 2 aromatic rings. The fourth-order valence-corrected chi connectivity index (χ4v) is 5.32. The molecule has 0 saturated carbocycles. The van der Waals surface area contributed by atoms with Gasteiger partial charge < -0.3 is 10.1 Å². The van der Waals surface area contributed by atoms with Crippen molar-refractivity contribution in [1.82, 2.24) is 4.31 Å². The molecular weight excluding hydrogens is 412 g/mol. The first-order valence-electron chi connectivity index (χ1n) is 9.45. The van der Waals surface area contributed by atoms with Gasteiger partial charge in [0.05, 0.1) is 11.3 Å². The average molecular weight is 437 g/mol. The molecule has 0 radical (unpaired) electrons. The summed E-state index contributed by atoms with van der Waals surface area (Å²) in [5.41, 5.74) is 1.11. The van der Waals surface area contributed by atoms with Crippen molar-refractivity contribution in [2.45, 2.75) is 37.5 Å². The van der Waals surface area contributed by atoms with E-state index in [0.29, 0.717) is 18.8 Å². The number of esters is 1. The zero-order valence-corrected chi connectivity index (χ0v) is 17.9. The number of hydrogen-bond acceptors (Lipinski definition) is 6. The van der Waals surface area contributed by atoms with E-state index in [1.165, 1.54) is 21.7 Å². The first-order valence-corrected chi connectivity index (χ1v) is 11.8. The first-order chi connectivity index (χ1) is 13.9. The lowest BCUT2D eigenvalue weighted by atomic mass is 10.2. The number of thiophene rings is 1. The smallest absolute Gasteiger partial charge is 0.311 e. The number of piperidine rings is 1. The van der Waals surface area contributed by atoms with E-state index in [9.17, 15) is 18.0 Å². The third kappa shape index (κ3) is 5.65. The molecule has 0 spiro atoms. The van der Waals surface area contributed by atoms with Gasteiger partial charge in [-0.3, -0.25) is 9.59 Å². The highest BCUT2D eigenvalue weighted by atomic mass is 32.2. The van der Waals surface area contributed by atoms with Crippen LogP contribution in [0.1, 0.15) is 29.7 Å². The number of aryl methyl sites for hydroxylation is 1. The van der Waals surface area contributed by atoms with Crippen LogP contribution in [0.4, 0.5) is 5.69 Å². The van der Waals surface area contributed by atoms with Gasteiger partial charge in [-0.15, -0.1) is 11.3 Å². The molecular formula is C20H24N2O5S2. The highest BCUT2D eigenvalue weighted by Gasteiger charge is 2.26. The molecule has 1 aromatic carbocycles. The quantitative estimate of drug-likeness (QED) is 0.674. The maximum Gasteiger partial charge on any atom is 0.311 e. The number of amides is 1. The average Bonchev–Trinajstić information content (AvgIpc) is 3.21. The fraction of sp³-hybridized carbons (Fsp3) is 0.400. The number of sulfonamides is 1. The summed E-state index contributed by atoms with van der Waals surface area (Å²) in [5, 5.41) is 4.51. The Morgan fingerprint density at radius 3 is 2.62 bits per heavy atom. The Morgan fingerprint density at radius 2 is 1.93 bits per heavy atom. The van der Waals surface area contributed by atoms with Gasteiger partial charge in [0.2, 0.25) is 10.0 Å². The Morgan fingerprint density at radius 1 is 1.17 bits per heavy atom. The molecule has 9 heteroatoms. The van der Waals surface area contributed by atoms with Crippen molar-refractivity contribution in [2.24, 2.45) is 0 Å². The predicted octanol–water partition coefficient (Wildman–Crippen LogP) is 2.96. The van der Waals surface area contributed by atoms with Crippen LogP contribution in [-0.4, -0.2) is 44.3 Å². The van der Waals surface area contributed by atoms with Crippen LogP contribution >= 0.6 is 11.3 Å². The van der Waals surface area contributed by atoms with E-state index in [1.807, 2.05) is 17.5 Å². The SMILES string of the molecule is Cc1ccc(S(=O)(=O)N2CCCCC2)cc1NC(=O)COC(=O)Cc1cccs1. The third-order valence-electron chi connectivity index (χ3n) is 4.70. The summed E-state index contributed by atoms with van der Waals surface area (Å²) in [5.74, 6) is -0.999. The second-order valence-corrected chi connectivity index (χ2v) is 9.88. The standard InChI is InChI=1S/C20H24N2O5S2/c1-15-7-8-17(29(25,26)22-9-3-2-4-10-22)13-18(15)21-19(23)14-27-20(24)12-16-6-5-11-28-16/h5-8,11,13H,2-4,9-10,12,14H2,1H3,(H,21,23). The van der Waals surface area contributed by atoms with Crippen LogP contribution in [0, 0.1) is 6.92 Å². The minimum absolute atomic E-state index is 0.119. The normalized spacial score (nSPS) is 15.1. The summed E-state index contributed by atoms with van der Waals surface area (Å²) in [7, 11) is -3.59. The molecule has 1 amide bonds. The van der Waals surface area contributed by atoms with Crippen LogP contribution in [0.25, 0.3) is 0 Å². The summed E-state index contributed by atoms with van der Waals surface area (Å²) in [6, 6.07) is 8.34. The number of carbonyl (C=O) groups excluding carboxylic acids is 2. The van der Waals surface area contributed by atoms with Gasteiger partial charge in [0, 0.05) is 23.7 Å². The van der Waals surface area contributed by atoms with Crippen molar-refractivity contribution >= 4 is 38.9 Å². The van der Waals surface area contributed by atoms with E-state index >= 15 is 0 Å². The molecule has 0 aliphatic carbocycles. The van der Waals surface area contributed by atoms with Crippen LogP contribution in [-0.2, 0) is 30.8 Å². The van der Waals surface area contributed by atoms with Crippen LogP contribution in [0.2, 0.25) is 0 Å². The van der Waals surface area contributed by atoms with Crippen LogP contribution in [0.3, 0.4) is 0 Å². The van der Waals surface area contributed by atoms with E-state index in [4.69, 9.17) is 4.74 Å². The number of benzene rings is 1. The van der Waals surface area contributed by atoms with Crippen molar-refractivity contribution in [3.8, 4) is 0 Å². The third-order valence-corrected chi connectivity index (χ3v) is 7.47. The molecule has 3 rings (SSSR count). The van der Waals surface area contributed by atoms with Gasteiger partial charge in [0.15, 0.2) is 6.61 Å². The molecule has 1 N–H and O–H groups in total. The lowest BCUT2D eigenvalue weighted by Crippen LogP contribution is -2.35. The van der Waals surface area contributed by atoms with Gasteiger partial charge in [-0.1, -0.05) is 18.6 Å². The van der Waals surface area contributed by atoms with E-state index in [1.54, 1.807) is 19.1 Å². The van der Waals surface area contributed by atoms with Gasteiger partial charge in [0.1, 0.15) is 0 Å². The summed E-state index contributed by atoms with van der Waals surface area (Å²) < 4.78 is 32.2. The largest absolute Gasteiger partial charge is 0.455 e. The van der Waals surface area contributed by atoms with Gasteiger partial charge in [-0.25, -0.2) is 8.42 Å². The maximum absolute atomic E-state index is 12.8. The summed E-state index contributed by atoms with van der Waals surface area (Å²) >= 11 is 1.44. The van der Waals surface area contributed by atoms with Crippen LogP contribution in [0.5, 0.6) is 0 Å². The molecule has 1 fully saturated rings. The number of anilines is 1. The number of nitrogens with one attached hydrogen (secondary N) is 1. The molecule has 1 aliphatic heterocycles. The van der Waals surface area contributed by atoms with E-state index in [-0.39, 0.29) is 11.3 Å². The molecule has 7 nitrogen and oxygen atoms in total. The number of ether oxygens (including phenoxy) is 1. The molecule has 1 aromatic heterocycles. The molecule has 0 atom stereocenters. The van der Waals surface area contributed by atoms with Crippen LogP contribution in [0.15, 0.2) is 40.6 Å². The predicted molar refractivity (Wildman–Crippen MR) is 111 cm³/mol. The summed E-state index contributed by atoms with van der Waals surface area (Å²) in [6.45, 7) is 2.37. The van der Waals surface area contributed by atoms with Crippen molar-refractivity contribution in [1.29, 1.82) is 0 Å². The highest BCUT2D eigenvalue weighted by Crippen LogP contribution is 2.25. The molecule has 29 heavy (non-hydrogen) atoms. The van der Waals surface area contributed by atoms with Crippen molar-refractivity contribution in [2.75, 3.05) is 25.0 Å². The van der Waals surface area contributed by atoms with E-state index in [0.717, 1.165) is 29.7 Å². The lowest BCUT2D eigenvalue weighted by molar-refractivity contribution is -0.146. The summed E-state index contributed by atoms with van der Waals surface area (Å²) in [4.78, 5) is 25.0. The maximum atomic E-state index is 12.8. The number of nitrogens with zero attached hydrogens (tertiary/aromatic N) is 1. The van der Waals surface area contributed by atoms with Crippen molar-refractivity contribution in [3.05, 3.63) is 46.2 Å². The molecule has 156 valence electrons. The van der Waals surface area contributed by atoms with Gasteiger partial charge in [-0.2, -0.15) is 4.31 Å².